The Morgan fingerprint density at radius 1 is 1.35 bits per heavy atom. The zero-order valence-corrected chi connectivity index (χ0v) is 13.7. The molecule has 5 nitrogen and oxygen atoms in total. The molecule has 0 radical (unpaired) electrons. The summed E-state index contributed by atoms with van der Waals surface area (Å²) in [5, 5.41) is 9.16. The summed E-state index contributed by atoms with van der Waals surface area (Å²) >= 11 is 1.27. The molecular formula is C13H24N2O3S2. The first kappa shape index (κ1) is 17.6. The molecule has 20 heavy (non-hydrogen) atoms. The minimum atomic E-state index is -3.53. The minimum Gasteiger partial charge on any atom is -0.395 e. The molecular weight excluding hydrogens is 296 g/mol. The van der Waals surface area contributed by atoms with Crippen LogP contribution in [0.4, 0.5) is 0 Å². The number of nitrogens with two attached hydrogens (primary N) is 1. The summed E-state index contributed by atoms with van der Waals surface area (Å²) in [6.07, 6.45) is 2.15. The molecule has 1 aromatic heterocycles. The molecule has 116 valence electrons. The van der Waals surface area contributed by atoms with Gasteiger partial charge in [-0.15, -0.1) is 11.3 Å². The number of nitrogens with zero attached hydrogens (tertiary/aromatic N) is 1. The standard InChI is InChI=1S/C13H24N2O3S2/c1-3-11(4-2)15(9-10-16)20(17,18)13-6-5-12(19-13)7-8-14/h5-6,11,16H,3-4,7-10,14H2,1-2H3. The first-order valence-corrected chi connectivity index (χ1v) is 9.18. The Morgan fingerprint density at radius 3 is 2.50 bits per heavy atom. The maximum Gasteiger partial charge on any atom is 0.252 e. The zero-order chi connectivity index (χ0) is 15.2. The Bertz CT molecular complexity index is 495. The summed E-state index contributed by atoms with van der Waals surface area (Å²) in [4.78, 5) is 0.972. The van der Waals surface area contributed by atoms with Gasteiger partial charge in [0.1, 0.15) is 4.21 Å². The Morgan fingerprint density at radius 2 is 2.00 bits per heavy atom. The highest BCUT2D eigenvalue weighted by Gasteiger charge is 2.30. The molecule has 3 N–H and O–H groups in total. The molecule has 0 aliphatic rings. The van der Waals surface area contributed by atoms with E-state index in [4.69, 9.17) is 10.8 Å². The van der Waals surface area contributed by atoms with Crippen LogP contribution in [0.25, 0.3) is 0 Å². The molecule has 0 aliphatic heterocycles. The molecule has 0 aromatic carbocycles. The second-order valence-corrected chi connectivity index (χ2v) is 7.85. The van der Waals surface area contributed by atoms with Crippen molar-refractivity contribution < 1.29 is 13.5 Å². The molecule has 0 atom stereocenters. The van der Waals surface area contributed by atoms with E-state index in [1.54, 1.807) is 6.07 Å². The van der Waals surface area contributed by atoms with Gasteiger partial charge >= 0.3 is 0 Å². The Kier molecular flexibility index (Phi) is 7.11. The fourth-order valence-electron chi connectivity index (χ4n) is 2.18. The van der Waals surface area contributed by atoms with Crippen LogP contribution in [0.2, 0.25) is 0 Å². The third kappa shape index (κ3) is 4.02. The quantitative estimate of drug-likeness (QED) is 0.721. The van der Waals surface area contributed by atoms with Crippen molar-refractivity contribution in [2.75, 3.05) is 19.7 Å². The zero-order valence-electron chi connectivity index (χ0n) is 12.1. The van der Waals surface area contributed by atoms with Crippen LogP contribution in [0.15, 0.2) is 16.3 Å². The van der Waals surface area contributed by atoms with E-state index >= 15 is 0 Å². The van der Waals surface area contributed by atoms with Gasteiger partial charge in [-0.1, -0.05) is 13.8 Å². The predicted octanol–water partition coefficient (Wildman–Crippen LogP) is 1.42. The topological polar surface area (TPSA) is 83.6 Å². The molecule has 1 rings (SSSR count). The first-order chi connectivity index (χ1) is 9.51. The highest BCUT2D eigenvalue weighted by Crippen LogP contribution is 2.27. The summed E-state index contributed by atoms with van der Waals surface area (Å²) in [6, 6.07) is 3.37. The maximum atomic E-state index is 12.7. The average molecular weight is 320 g/mol. The SMILES string of the molecule is CCC(CC)N(CCO)S(=O)(=O)c1ccc(CCN)s1. The number of sulfonamides is 1. The van der Waals surface area contributed by atoms with Crippen LogP contribution in [0, 0.1) is 0 Å². The first-order valence-electron chi connectivity index (χ1n) is 6.92. The van der Waals surface area contributed by atoms with Crippen molar-refractivity contribution in [2.45, 2.75) is 43.4 Å². The molecule has 0 saturated carbocycles. The average Bonchev–Trinajstić information content (AvgIpc) is 2.89. The lowest BCUT2D eigenvalue weighted by Crippen LogP contribution is -2.41. The fraction of sp³-hybridized carbons (Fsp3) is 0.692. The number of aliphatic hydroxyl groups is 1. The van der Waals surface area contributed by atoms with Gasteiger partial charge in [0.15, 0.2) is 0 Å². The van der Waals surface area contributed by atoms with Crippen LogP contribution < -0.4 is 5.73 Å². The van der Waals surface area contributed by atoms with Crippen molar-refractivity contribution in [1.29, 1.82) is 0 Å². The maximum absolute atomic E-state index is 12.7. The number of hydrogen-bond donors (Lipinski definition) is 2. The van der Waals surface area contributed by atoms with Crippen molar-refractivity contribution >= 4 is 21.4 Å². The third-order valence-corrected chi connectivity index (χ3v) is 6.83. The monoisotopic (exact) mass is 320 g/mol. The van der Waals surface area contributed by atoms with Gasteiger partial charge in [0, 0.05) is 17.5 Å². The lowest BCUT2D eigenvalue weighted by molar-refractivity contribution is 0.220. The summed E-state index contributed by atoms with van der Waals surface area (Å²) in [6.45, 7) is 4.40. The van der Waals surface area contributed by atoms with Crippen LogP contribution in [0.5, 0.6) is 0 Å². The van der Waals surface area contributed by atoms with E-state index in [0.29, 0.717) is 17.2 Å². The van der Waals surface area contributed by atoms with Gasteiger partial charge < -0.3 is 10.8 Å². The highest BCUT2D eigenvalue weighted by atomic mass is 32.2. The molecule has 0 saturated heterocycles. The number of rotatable bonds is 9. The van der Waals surface area contributed by atoms with E-state index in [1.807, 2.05) is 19.9 Å². The lowest BCUT2D eigenvalue weighted by Gasteiger charge is -2.28. The summed E-state index contributed by atoms with van der Waals surface area (Å²) in [7, 11) is -3.53. The molecule has 0 unspecified atom stereocenters. The second kappa shape index (κ2) is 8.09. The van der Waals surface area contributed by atoms with E-state index < -0.39 is 10.0 Å². The summed E-state index contributed by atoms with van der Waals surface area (Å²) in [5.74, 6) is 0. The van der Waals surface area contributed by atoms with Gasteiger partial charge in [-0.3, -0.25) is 0 Å². The molecule has 1 heterocycles. The molecule has 0 amide bonds. The van der Waals surface area contributed by atoms with Crippen LogP contribution in [0.1, 0.15) is 31.6 Å². The van der Waals surface area contributed by atoms with Crippen LogP contribution in [0.3, 0.4) is 0 Å². The lowest BCUT2D eigenvalue weighted by atomic mass is 10.2. The van der Waals surface area contributed by atoms with E-state index in [1.165, 1.54) is 15.6 Å². The number of hydrogen-bond acceptors (Lipinski definition) is 5. The van der Waals surface area contributed by atoms with E-state index in [-0.39, 0.29) is 19.2 Å². The molecule has 0 aliphatic carbocycles. The van der Waals surface area contributed by atoms with Crippen molar-refractivity contribution in [3.05, 3.63) is 17.0 Å². The Labute approximate surface area is 125 Å². The summed E-state index contributed by atoms with van der Waals surface area (Å²) in [5.41, 5.74) is 5.49. The van der Waals surface area contributed by atoms with Gasteiger partial charge in [-0.05, 0) is 37.9 Å². The largest absolute Gasteiger partial charge is 0.395 e. The van der Waals surface area contributed by atoms with Gasteiger partial charge in [-0.25, -0.2) is 8.42 Å². The van der Waals surface area contributed by atoms with Crippen LogP contribution >= 0.6 is 11.3 Å². The predicted molar refractivity (Wildman–Crippen MR) is 82.4 cm³/mol. The van der Waals surface area contributed by atoms with Crippen molar-refractivity contribution in [2.24, 2.45) is 5.73 Å². The second-order valence-electron chi connectivity index (χ2n) is 4.57. The van der Waals surface area contributed by atoms with Crippen LogP contribution in [-0.2, 0) is 16.4 Å². The Balaban J connectivity index is 3.08. The highest BCUT2D eigenvalue weighted by molar-refractivity contribution is 7.91. The van der Waals surface area contributed by atoms with Gasteiger partial charge in [0.05, 0.1) is 6.61 Å². The molecule has 1 aromatic rings. The number of aliphatic hydroxyl groups excluding tert-OH is 1. The minimum absolute atomic E-state index is 0.0767. The van der Waals surface area contributed by atoms with Crippen LogP contribution in [-0.4, -0.2) is 43.6 Å². The fourth-order valence-corrected chi connectivity index (χ4v) is 5.45. The number of thiophene rings is 1. The van der Waals surface area contributed by atoms with E-state index in [0.717, 1.165) is 17.7 Å². The van der Waals surface area contributed by atoms with Crippen molar-refractivity contribution in [3.63, 3.8) is 0 Å². The molecule has 0 spiro atoms. The third-order valence-electron chi connectivity index (χ3n) is 3.26. The van der Waals surface area contributed by atoms with Crippen molar-refractivity contribution in [1.82, 2.24) is 4.31 Å². The molecule has 0 fully saturated rings. The van der Waals surface area contributed by atoms with E-state index in [2.05, 4.69) is 0 Å². The van der Waals surface area contributed by atoms with Gasteiger partial charge in [-0.2, -0.15) is 4.31 Å². The molecule has 0 bridgehead atoms. The van der Waals surface area contributed by atoms with Gasteiger partial charge in [0.25, 0.3) is 10.0 Å². The Hall–Kier alpha value is -0.470. The molecule has 7 heteroatoms. The normalized spacial score (nSPS) is 12.5. The summed E-state index contributed by atoms with van der Waals surface area (Å²) < 4.78 is 27.1. The van der Waals surface area contributed by atoms with Crippen molar-refractivity contribution in [3.8, 4) is 0 Å². The van der Waals surface area contributed by atoms with Gasteiger partial charge in [0.2, 0.25) is 0 Å². The van der Waals surface area contributed by atoms with E-state index in [9.17, 15) is 8.42 Å². The smallest absolute Gasteiger partial charge is 0.252 e.